The van der Waals surface area contributed by atoms with Gasteiger partial charge in [0.1, 0.15) is 0 Å². The highest BCUT2D eigenvalue weighted by atomic mass is 16.2. The lowest BCUT2D eigenvalue weighted by Crippen LogP contribution is -2.31. The maximum absolute atomic E-state index is 13.1. The van der Waals surface area contributed by atoms with Crippen LogP contribution in [0.1, 0.15) is 17.9 Å². The third-order valence-corrected chi connectivity index (χ3v) is 4.98. The second-order valence-corrected chi connectivity index (χ2v) is 6.79. The van der Waals surface area contributed by atoms with Crippen molar-refractivity contribution < 1.29 is 9.59 Å². The Morgan fingerprint density at radius 3 is 2.46 bits per heavy atom. The maximum atomic E-state index is 13.1. The molecule has 1 heterocycles. The van der Waals surface area contributed by atoms with E-state index < -0.39 is 5.92 Å². The average molecular weight is 371 g/mol. The number of hydrogen-bond acceptors (Lipinski definition) is 3. The second-order valence-electron chi connectivity index (χ2n) is 6.79. The molecule has 140 valence electrons. The summed E-state index contributed by atoms with van der Waals surface area (Å²) in [5.41, 5.74) is 4.16. The monoisotopic (exact) mass is 371 g/mol. The fraction of sp³-hybridized carbons (Fsp3) is 0.130. The lowest BCUT2D eigenvalue weighted by Gasteiger charge is -2.26. The minimum Gasteiger partial charge on any atom is -0.343 e. The summed E-state index contributed by atoms with van der Waals surface area (Å²) in [4.78, 5) is 27.2. The van der Waals surface area contributed by atoms with Gasteiger partial charge in [0, 0.05) is 24.8 Å². The van der Waals surface area contributed by atoms with Crippen LogP contribution in [0.2, 0.25) is 0 Å². The van der Waals surface area contributed by atoms with Gasteiger partial charge in [0.2, 0.25) is 11.8 Å². The smallest absolute Gasteiger partial charge is 0.232 e. The summed E-state index contributed by atoms with van der Waals surface area (Å²) < 4.78 is 0. The number of carbonyl (C=O) groups excluding carboxylic acids is 2. The summed E-state index contributed by atoms with van der Waals surface area (Å²) in [6.45, 7) is 0. The molecule has 0 aliphatic carbocycles. The van der Waals surface area contributed by atoms with E-state index in [4.69, 9.17) is 0 Å². The quantitative estimate of drug-likeness (QED) is 0.709. The summed E-state index contributed by atoms with van der Waals surface area (Å²) in [6.07, 6.45) is 0.138. The Kier molecular flexibility index (Phi) is 4.81. The lowest BCUT2D eigenvalue weighted by atomic mass is 9.89. The van der Waals surface area contributed by atoms with E-state index in [0.717, 1.165) is 16.9 Å². The van der Waals surface area contributed by atoms with Gasteiger partial charge in [-0.3, -0.25) is 9.59 Å². The molecule has 28 heavy (non-hydrogen) atoms. The van der Waals surface area contributed by atoms with E-state index >= 15 is 0 Å². The van der Waals surface area contributed by atoms with Crippen molar-refractivity contribution in [3.8, 4) is 0 Å². The molecule has 0 unspecified atom stereocenters. The first-order chi connectivity index (χ1) is 13.6. The predicted octanol–water partition coefficient (Wildman–Crippen LogP) is 4.52. The SMILES string of the molecule is CN(c1ccccc1)c1ccccc1NC(=O)[C@H]1CC(=O)Nc2ccccc21. The summed E-state index contributed by atoms with van der Waals surface area (Å²) in [6, 6.07) is 25.1. The molecule has 0 bridgehead atoms. The van der Waals surface area contributed by atoms with Gasteiger partial charge in [-0.1, -0.05) is 48.5 Å². The van der Waals surface area contributed by atoms with Gasteiger partial charge in [0.05, 0.1) is 17.3 Å². The number of hydrogen-bond donors (Lipinski definition) is 2. The fourth-order valence-corrected chi connectivity index (χ4v) is 3.53. The van der Waals surface area contributed by atoms with Crippen LogP contribution >= 0.6 is 0 Å². The Balaban J connectivity index is 1.62. The van der Waals surface area contributed by atoms with E-state index in [0.29, 0.717) is 11.4 Å². The van der Waals surface area contributed by atoms with Crippen LogP contribution < -0.4 is 15.5 Å². The van der Waals surface area contributed by atoms with Crippen molar-refractivity contribution in [2.75, 3.05) is 22.6 Å². The number of carbonyl (C=O) groups is 2. The van der Waals surface area contributed by atoms with E-state index in [2.05, 4.69) is 10.6 Å². The number of nitrogens with one attached hydrogen (secondary N) is 2. The van der Waals surface area contributed by atoms with Crippen molar-refractivity contribution in [1.82, 2.24) is 0 Å². The highest BCUT2D eigenvalue weighted by molar-refractivity contribution is 6.06. The van der Waals surface area contributed by atoms with E-state index in [-0.39, 0.29) is 18.2 Å². The number of amides is 2. The third-order valence-electron chi connectivity index (χ3n) is 4.98. The molecule has 0 radical (unpaired) electrons. The van der Waals surface area contributed by atoms with E-state index in [9.17, 15) is 9.59 Å². The zero-order chi connectivity index (χ0) is 19.5. The fourth-order valence-electron chi connectivity index (χ4n) is 3.53. The van der Waals surface area contributed by atoms with Gasteiger partial charge >= 0.3 is 0 Å². The van der Waals surface area contributed by atoms with Crippen molar-refractivity contribution in [2.24, 2.45) is 0 Å². The van der Waals surface area contributed by atoms with E-state index in [1.54, 1.807) is 0 Å². The molecule has 1 aliphatic rings. The van der Waals surface area contributed by atoms with Crippen LogP contribution in [-0.4, -0.2) is 18.9 Å². The van der Waals surface area contributed by atoms with Crippen molar-refractivity contribution in [3.63, 3.8) is 0 Å². The Labute approximate surface area is 164 Å². The average Bonchev–Trinajstić information content (AvgIpc) is 2.73. The van der Waals surface area contributed by atoms with Gasteiger partial charge in [0.25, 0.3) is 0 Å². The minimum absolute atomic E-state index is 0.138. The van der Waals surface area contributed by atoms with Crippen molar-refractivity contribution in [1.29, 1.82) is 0 Å². The van der Waals surface area contributed by atoms with Gasteiger partial charge in [-0.05, 0) is 35.9 Å². The molecule has 3 aromatic carbocycles. The summed E-state index contributed by atoms with van der Waals surface area (Å²) >= 11 is 0. The van der Waals surface area contributed by atoms with Crippen LogP contribution in [-0.2, 0) is 9.59 Å². The minimum atomic E-state index is -0.514. The number of nitrogens with zero attached hydrogens (tertiary/aromatic N) is 1. The molecule has 0 saturated heterocycles. The van der Waals surface area contributed by atoms with Crippen molar-refractivity contribution in [3.05, 3.63) is 84.4 Å². The summed E-state index contributed by atoms with van der Waals surface area (Å²) in [7, 11) is 1.96. The van der Waals surface area contributed by atoms with Gasteiger partial charge in [-0.15, -0.1) is 0 Å². The Bertz CT molecular complexity index is 1020. The molecule has 5 heteroatoms. The summed E-state index contributed by atoms with van der Waals surface area (Å²) in [5.74, 6) is -0.843. The molecule has 2 N–H and O–H groups in total. The number of anilines is 4. The van der Waals surface area contributed by atoms with Gasteiger partial charge in [-0.25, -0.2) is 0 Å². The maximum Gasteiger partial charge on any atom is 0.232 e. The molecule has 0 fully saturated rings. The lowest BCUT2D eigenvalue weighted by molar-refractivity contribution is -0.123. The first-order valence-corrected chi connectivity index (χ1v) is 9.21. The first-order valence-electron chi connectivity index (χ1n) is 9.21. The van der Waals surface area contributed by atoms with Crippen molar-refractivity contribution in [2.45, 2.75) is 12.3 Å². The Morgan fingerprint density at radius 1 is 0.964 bits per heavy atom. The molecule has 4 rings (SSSR count). The zero-order valence-corrected chi connectivity index (χ0v) is 15.6. The van der Waals surface area contributed by atoms with Crippen LogP contribution in [0.5, 0.6) is 0 Å². The molecule has 0 spiro atoms. The molecule has 0 saturated carbocycles. The van der Waals surface area contributed by atoms with Gasteiger partial charge in [0.15, 0.2) is 0 Å². The standard InChI is InChI=1S/C23H21N3O2/c1-26(16-9-3-2-4-10-16)21-14-8-7-13-20(21)25-23(28)18-15-22(27)24-19-12-6-5-11-17(18)19/h2-14,18H,15H2,1H3,(H,24,27)(H,25,28)/t18-/m0/s1. The number of para-hydroxylation sites is 4. The normalized spacial score (nSPS) is 15.3. The highest BCUT2D eigenvalue weighted by Crippen LogP contribution is 2.35. The number of fused-ring (bicyclic) bond motifs is 1. The first kappa shape index (κ1) is 17.8. The van der Waals surface area contributed by atoms with Crippen LogP contribution in [0.4, 0.5) is 22.7 Å². The topological polar surface area (TPSA) is 61.4 Å². The zero-order valence-electron chi connectivity index (χ0n) is 15.6. The second kappa shape index (κ2) is 7.56. The van der Waals surface area contributed by atoms with Crippen LogP contribution in [0.3, 0.4) is 0 Å². The number of rotatable bonds is 4. The number of benzene rings is 3. The highest BCUT2D eigenvalue weighted by Gasteiger charge is 2.30. The van der Waals surface area contributed by atoms with Crippen LogP contribution in [0.15, 0.2) is 78.9 Å². The third kappa shape index (κ3) is 3.47. The van der Waals surface area contributed by atoms with Crippen LogP contribution in [0, 0.1) is 0 Å². The summed E-state index contributed by atoms with van der Waals surface area (Å²) in [5, 5.41) is 5.86. The van der Waals surface area contributed by atoms with Crippen molar-refractivity contribution >= 4 is 34.6 Å². The predicted molar refractivity (Wildman–Crippen MR) is 112 cm³/mol. The molecule has 0 aromatic heterocycles. The molecule has 3 aromatic rings. The molecular weight excluding hydrogens is 350 g/mol. The molecule has 2 amide bonds. The largest absolute Gasteiger partial charge is 0.343 e. The Hall–Kier alpha value is -3.60. The molecular formula is C23H21N3O2. The molecule has 1 atom stereocenters. The Morgan fingerprint density at radius 2 is 1.64 bits per heavy atom. The van der Waals surface area contributed by atoms with E-state index in [1.165, 1.54) is 0 Å². The molecule has 1 aliphatic heterocycles. The van der Waals surface area contributed by atoms with E-state index in [1.807, 2.05) is 90.8 Å². The van der Waals surface area contributed by atoms with Gasteiger partial charge in [-0.2, -0.15) is 0 Å². The van der Waals surface area contributed by atoms with Crippen LogP contribution in [0.25, 0.3) is 0 Å². The molecule has 5 nitrogen and oxygen atoms in total. The van der Waals surface area contributed by atoms with Gasteiger partial charge < -0.3 is 15.5 Å².